The Hall–Kier alpha value is -1.45. The van der Waals surface area contributed by atoms with Crippen molar-refractivity contribution < 1.29 is 0 Å². The van der Waals surface area contributed by atoms with Gasteiger partial charge in [-0.1, -0.05) is 27.7 Å². The molecule has 2 aromatic rings. The van der Waals surface area contributed by atoms with E-state index in [4.69, 9.17) is 0 Å². The molecule has 1 atom stereocenters. The molecule has 82 valence electrons. The molecular weight excluding hydrogens is 188 g/mol. The van der Waals surface area contributed by atoms with Gasteiger partial charge in [0.15, 0.2) is 5.65 Å². The third-order valence-electron chi connectivity index (χ3n) is 2.29. The molecule has 4 nitrogen and oxygen atoms in total. The highest BCUT2D eigenvalue weighted by molar-refractivity contribution is 5.34. The van der Waals surface area contributed by atoms with Crippen molar-refractivity contribution >= 4 is 5.65 Å². The van der Waals surface area contributed by atoms with Gasteiger partial charge in [0, 0.05) is 0 Å². The van der Waals surface area contributed by atoms with Crippen molar-refractivity contribution in [2.45, 2.75) is 40.0 Å². The molecule has 15 heavy (non-hydrogen) atoms. The lowest BCUT2D eigenvalue weighted by molar-refractivity contribution is 0.660. The third kappa shape index (κ3) is 2.52. The standard InChI is InChI=1S/C9H12N4.C2H6/c1-3-7(2)8-4-5-9-10-6-11-13(9)12-8;1-2/h4-7H,3H2,1-2H3;1-2H3. The van der Waals surface area contributed by atoms with Gasteiger partial charge in [0.25, 0.3) is 0 Å². The van der Waals surface area contributed by atoms with E-state index in [9.17, 15) is 0 Å². The Balaban J connectivity index is 0.000000531. The summed E-state index contributed by atoms with van der Waals surface area (Å²) in [5.74, 6) is 0.480. The molecule has 0 aromatic carbocycles. The summed E-state index contributed by atoms with van der Waals surface area (Å²) in [6.07, 6.45) is 2.61. The predicted octanol–water partition coefficient (Wildman–Crippen LogP) is 2.66. The van der Waals surface area contributed by atoms with Crippen molar-refractivity contribution in [2.24, 2.45) is 0 Å². The molecule has 1 unspecified atom stereocenters. The first-order valence-electron chi connectivity index (χ1n) is 5.48. The molecule has 2 heterocycles. The van der Waals surface area contributed by atoms with Crippen LogP contribution in [0.3, 0.4) is 0 Å². The Labute approximate surface area is 90.3 Å². The predicted molar refractivity (Wildman–Crippen MR) is 60.8 cm³/mol. The molecule has 2 aromatic heterocycles. The van der Waals surface area contributed by atoms with Crippen LogP contribution in [0.5, 0.6) is 0 Å². The molecule has 0 aliphatic carbocycles. The maximum Gasteiger partial charge on any atom is 0.176 e. The zero-order chi connectivity index (χ0) is 11.3. The molecule has 4 heteroatoms. The van der Waals surface area contributed by atoms with Crippen molar-refractivity contribution in [3.05, 3.63) is 24.2 Å². The van der Waals surface area contributed by atoms with Crippen LogP contribution in [0.15, 0.2) is 18.5 Å². The maximum atomic E-state index is 4.35. The second kappa shape index (κ2) is 5.44. The normalized spacial score (nSPS) is 12.0. The highest BCUT2D eigenvalue weighted by Crippen LogP contribution is 2.15. The number of hydrogen-bond acceptors (Lipinski definition) is 3. The van der Waals surface area contributed by atoms with Crippen molar-refractivity contribution in [1.29, 1.82) is 0 Å². The Morgan fingerprint density at radius 3 is 2.73 bits per heavy atom. The summed E-state index contributed by atoms with van der Waals surface area (Å²) < 4.78 is 1.57. The minimum Gasteiger partial charge on any atom is -0.213 e. The fourth-order valence-corrected chi connectivity index (χ4v) is 1.21. The van der Waals surface area contributed by atoms with E-state index in [0.29, 0.717) is 5.92 Å². The van der Waals surface area contributed by atoms with Gasteiger partial charge in [-0.2, -0.15) is 5.10 Å². The first-order chi connectivity index (χ1) is 7.31. The van der Waals surface area contributed by atoms with Gasteiger partial charge in [-0.25, -0.2) is 4.98 Å². The number of fused-ring (bicyclic) bond motifs is 1. The van der Waals surface area contributed by atoms with Gasteiger partial charge in [0.1, 0.15) is 6.33 Å². The van der Waals surface area contributed by atoms with Crippen LogP contribution in [0.1, 0.15) is 45.7 Å². The summed E-state index contributed by atoms with van der Waals surface area (Å²) in [5.41, 5.74) is 1.87. The van der Waals surface area contributed by atoms with Crippen LogP contribution in [0.25, 0.3) is 5.65 Å². The smallest absolute Gasteiger partial charge is 0.176 e. The van der Waals surface area contributed by atoms with Crippen molar-refractivity contribution in [2.75, 3.05) is 0 Å². The maximum absolute atomic E-state index is 4.35. The average molecular weight is 206 g/mol. The summed E-state index contributed by atoms with van der Waals surface area (Å²) in [7, 11) is 0. The van der Waals surface area contributed by atoms with Gasteiger partial charge in [-0.05, 0) is 24.5 Å². The van der Waals surface area contributed by atoms with E-state index < -0.39 is 0 Å². The molecule has 0 saturated carbocycles. The van der Waals surface area contributed by atoms with Gasteiger partial charge in [0.05, 0.1) is 5.69 Å². The van der Waals surface area contributed by atoms with Crippen molar-refractivity contribution in [3.8, 4) is 0 Å². The minimum absolute atomic E-state index is 0.480. The highest BCUT2D eigenvalue weighted by Gasteiger charge is 2.05. The van der Waals surface area contributed by atoms with Gasteiger partial charge in [0.2, 0.25) is 0 Å². The monoisotopic (exact) mass is 206 g/mol. The molecule has 0 radical (unpaired) electrons. The molecule has 0 aliphatic rings. The average Bonchev–Trinajstić information content (AvgIpc) is 2.77. The Morgan fingerprint density at radius 2 is 2.07 bits per heavy atom. The van der Waals surface area contributed by atoms with E-state index in [1.54, 1.807) is 4.63 Å². The van der Waals surface area contributed by atoms with E-state index in [-0.39, 0.29) is 0 Å². The van der Waals surface area contributed by atoms with E-state index in [0.717, 1.165) is 17.8 Å². The fraction of sp³-hybridized carbons (Fsp3) is 0.545. The van der Waals surface area contributed by atoms with E-state index in [1.165, 1.54) is 6.33 Å². The Bertz CT molecular complexity index is 408. The molecule has 0 spiro atoms. The van der Waals surface area contributed by atoms with Crippen LogP contribution in [-0.4, -0.2) is 19.8 Å². The van der Waals surface area contributed by atoms with Crippen LogP contribution < -0.4 is 0 Å². The van der Waals surface area contributed by atoms with Crippen LogP contribution >= 0.6 is 0 Å². The third-order valence-corrected chi connectivity index (χ3v) is 2.29. The molecule has 2 rings (SSSR count). The number of nitrogens with zero attached hydrogens (tertiary/aromatic N) is 4. The van der Waals surface area contributed by atoms with Crippen molar-refractivity contribution in [3.63, 3.8) is 0 Å². The second-order valence-corrected chi connectivity index (χ2v) is 3.18. The zero-order valence-corrected chi connectivity index (χ0v) is 9.81. The molecule has 0 fully saturated rings. The Kier molecular flexibility index (Phi) is 4.21. The molecule has 0 saturated heterocycles. The molecular formula is C11H18N4. The van der Waals surface area contributed by atoms with E-state index in [2.05, 4.69) is 29.0 Å². The molecule has 0 bridgehead atoms. The van der Waals surface area contributed by atoms with Crippen LogP contribution in [-0.2, 0) is 0 Å². The lowest BCUT2D eigenvalue weighted by Gasteiger charge is -2.06. The van der Waals surface area contributed by atoms with Gasteiger partial charge >= 0.3 is 0 Å². The summed E-state index contributed by atoms with van der Waals surface area (Å²) in [4.78, 5) is 4.03. The summed E-state index contributed by atoms with van der Waals surface area (Å²) in [6, 6.07) is 3.96. The topological polar surface area (TPSA) is 43.1 Å². The van der Waals surface area contributed by atoms with Crippen LogP contribution in [0, 0.1) is 0 Å². The van der Waals surface area contributed by atoms with Crippen LogP contribution in [0.4, 0.5) is 0 Å². The van der Waals surface area contributed by atoms with E-state index >= 15 is 0 Å². The number of aromatic nitrogens is 4. The first-order valence-corrected chi connectivity index (χ1v) is 5.48. The minimum atomic E-state index is 0.480. The molecule has 0 N–H and O–H groups in total. The van der Waals surface area contributed by atoms with Gasteiger partial charge in [-0.3, -0.25) is 0 Å². The lowest BCUT2D eigenvalue weighted by Crippen LogP contribution is -2.02. The second-order valence-electron chi connectivity index (χ2n) is 3.18. The quantitative estimate of drug-likeness (QED) is 0.758. The number of hydrogen-bond donors (Lipinski definition) is 0. The Morgan fingerprint density at radius 1 is 1.33 bits per heavy atom. The van der Waals surface area contributed by atoms with Gasteiger partial charge < -0.3 is 0 Å². The highest BCUT2D eigenvalue weighted by atomic mass is 15.4. The summed E-state index contributed by atoms with van der Waals surface area (Å²) in [5, 5.41) is 8.34. The zero-order valence-electron chi connectivity index (χ0n) is 9.81. The largest absolute Gasteiger partial charge is 0.213 e. The van der Waals surface area contributed by atoms with E-state index in [1.807, 2.05) is 26.0 Å². The SMILES string of the molecule is CC.CCC(C)c1ccc2ncnn2n1. The fourth-order valence-electron chi connectivity index (χ4n) is 1.21. The molecule has 0 aliphatic heterocycles. The molecule has 0 amide bonds. The summed E-state index contributed by atoms with van der Waals surface area (Å²) >= 11 is 0. The summed E-state index contributed by atoms with van der Waals surface area (Å²) in [6.45, 7) is 8.31. The first kappa shape index (κ1) is 11.6. The number of rotatable bonds is 2. The lowest BCUT2D eigenvalue weighted by atomic mass is 10.1. The van der Waals surface area contributed by atoms with Gasteiger partial charge in [-0.15, -0.1) is 9.73 Å². The van der Waals surface area contributed by atoms with Crippen molar-refractivity contribution in [1.82, 2.24) is 19.8 Å². The van der Waals surface area contributed by atoms with Crippen LogP contribution in [0.2, 0.25) is 0 Å².